The van der Waals surface area contributed by atoms with E-state index in [1.165, 1.54) is 5.56 Å². The molecule has 0 saturated heterocycles. The largest absolute Gasteiger partial charge is 0.261 e. The first-order valence-corrected chi connectivity index (χ1v) is 8.41. The predicted molar refractivity (Wildman–Crippen MR) is 84.0 cm³/mol. The first-order valence-electron chi connectivity index (χ1n) is 5.09. The lowest BCUT2D eigenvalue weighted by Crippen LogP contribution is -2.03. The second kappa shape index (κ2) is 5.95. The second-order valence-electron chi connectivity index (χ2n) is 3.72. The fraction of sp³-hybridized carbons (Fsp3) is 0.250. The lowest BCUT2D eigenvalue weighted by atomic mass is 9.99. The van der Waals surface area contributed by atoms with Crippen LogP contribution in [-0.4, -0.2) is 4.98 Å². The molecule has 2 unspecified atom stereocenters. The summed E-state index contributed by atoms with van der Waals surface area (Å²) in [5, 5.41) is 0. The van der Waals surface area contributed by atoms with Crippen molar-refractivity contribution in [3.63, 3.8) is 0 Å². The molecule has 0 fully saturated rings. The van der Waals surface area contributed by atoms with Crippen LogP contribution in [0, 0.1) is 0 Å². The van der Waals surface area contributed by atoms with Crippen LogP contribution >= 0.6 is 59.1 Å². The highest BCUT2D eigenvalue weighted by atomic mass is 79.9. The standard InChI is InChI=1S/C12H10Br3NS/c1-7(9-4-2-3-5-16-9)11(14)8-6-10(13)17-12(8)15/h2-7,11H,1H3. The molecule has 2 aromatic heterocycles. The molecule has 2 aromatic rings. The highest BCUT2D eigenvalue weighted by Crippen LogP contribution is 2.44. The summed E-state index contributed by atoms with van der Waals surface area (Å²) in [6.45, 7) is 2.18. The molecular weight excluding hydrogens is 430 g/mol. The smallest absolute Gasteiger partial charge is 0.0754 e. The van der Waals surface area contributed by atoms with E-state index in [0.717, 1.165) is 13.3 Å². The van der Waals surface area contributed by atoms with Gasteiger partial charge in [-0.05, 0) is 55.6 Å². The molecule has 0 bridgehead atoms. The number of nitrogens with zero attached hydrogens (tertiary/aromatic N) is 1. The minimum Gasteiger partial charge on any atom is -0.261 e. The molecule has 0 aliphatic rings. The van der Waals surface area contributed by atoms with Gasteiger partial charge in [0.2, 0.25) is 0 Å². The van der Waals surface area contributed by atoms with Gasteiger partial charge in [0.05, 0.1) is 7.57 Å². The molecule has 0 N–H and O–H groups in total. The summed E-state index contributed by atoms with van der Waals surface area (Å²) in [4.78, 5) is 4.67. The number of hydrogen-bond acceptors (Lipinski definition) is 2. The van der Waals surface area contributed by atoms with Crippen molar-refractivity contribution in [3.8, 4) is 0 Å². The molecule has 0 spiro atoms. The van der Waals surface area contributed by atoms with E-state index in [2.05, 4.69) is 71.8 Å². The number of alkyl halides is 1. The number of aromatic nitrogens is 1. The Balaban J connectivity index is 2.26. The third-order valence-electron chi connectivity index (χ3n) is 2.57. The van der Waals surface area contributed by atoms with Gasteiger partial charge in [0.1, 0.15) is 0 Å². The van der Waals surface area contributed by atoms with Crippen molar-refractivity contribution in [1.82, 2.24) is 4.98 Å². The van der Waals surface area contributed by atoms with Gasteiger partial charge in [0.25, 0.3) is 0 Å². The van der Waals surface area contributed by atoms with Gasteiger partial charge in [0.15, 0.2) is 0 Å². The Kier molecular flexibility index (Phi) is 4.80. The third kappa shape index (κ3) is 3.19. The molecule has 0 aliphatic heterocycles. The fourth-order valence-electron chi connectivity index (χ4n) is 1.61. The first-order chi connectivity index (χ1) is 8.09. The minimum atomic E-state index is 0.259. The van der Waals surface area contributed by atoms with Gasteiger partial charge in [-0.2, -0.15) is 0 Å². The predicted octanol–water partition coefficient (Wildman–Crippen LogP) is 5.91. The van der Waals surface area contributed by atoms with Crippen LogP contribution in [0.2, 0.25) is 0 Å². The Labute approximate surface area is 130 Å². The molecule has 0 amide bonds. The summed E-state index contributed by atoms with van der Waals surface area (Å²) < 4.78 is 2.30. The number of halogens is 3. The van der Waals surface area contributed by atoms with E-state index < -0.39 is 0 Å². The van der Waals surface area contributed by atoms with Crippen LogP contribution in [0.5, 0.6) is 0 Å². The monoisotopic (exact) mass is 437 g/mol. The van der Waals surface area contributed by atoms with Gasteiger partial charge in [0, 0.05) is 22.6 Å². The molecule has 1 nitrogen and oxygen atoms in total. The Morgan fingerprint density at radius 2 is 2.06 bits per heavy atom. The fourth-order valence-corrected chi connectivity index (χ4v) is 5.63. The Bertz CT molecular complexity index is 498. The van der Waals surface area contributed by atoms with Crippen LogP contribution in [0.1, 0.15) is 28.9 Å². The molecule has 2 rings (SSSR count). The van der Waals surface area contributed by atoms with Crippen molar-refractivity contribution in [1.29, 1.82) is 0 Å². The van der Waals surface area contributed by atoms with Crippen LogP contribution in [0.15, 0.2) is 38.0 Å². The third-order valence-corrected chi connectivity index (χ3v) is 6.25. The van der Waals surface area contributed by atoms with E-state index in [1.54, 1.807) is 11.3 Å². The Morgan fingerprint density at radius 3 is 2.59 bits per heavy atom. The van der Waals surface area contributed by atoms with Crippen LogP contribution in [0.3, 0.4) is 0 Å². The van der Waals surface area contributed by atoms with E-state index in [4.69, 9.17) is 0 Å². The summed E-state index contributed by atoms with van der Waals surface area (Å²) in [7, 11) is 0. The number of pyridine rings is 1. The minimum absolute atomic E-state index is 0.259. The molecule has 90 valence electrons. The van der Waals surface area contributed by atoms with Gasteiger partial charge in [-0.3, -0.25) is 4.98 Å². The molecule has 17 heavy (non-hydrogen) atoms. The van der Waals surface area contributed by atoms with E-state index in [1.807, 2.05) is 18.3 Å². The molecule has 0 saturated carbocycles. The highest BCUT2D eigenvalue weighted by Gasteiger charge is 2.22. The van der Waals surface area contributed by atoms with Crippen LogP contribution in [-0.2, 0) is 0 Å². The van der Waals surface area contributed by atoms with E-state index in [0.29, 0.717) is 5.92 Å². The van der Waals surface area contributed by atoms with E-state index in [-0.39, 0.29) is 4.83 Å². The maximum absolute atomic E-state index is 4.41. The zero-order chi connectivity index (χ0) is 12.4. The van der Waals surface area contributed by atoms with Crippen LogP contribution in [0.4, 0.5) is 0 Å². The molecule has 0 radical (unpaired) electrons. The molecular formula is C12H10Br3NS. The van der Waals surface area contributed by atoms with Crippen molar-refractivity contribution < 1.29 is 0 Å². The van der Waals surface area contributed by atoms with Crippen molar-refractivity contribution in [2.45, 2.75) is 17.7 Å². The van der Waals surface area contributed by atoms with Gasteiger partial charge in [-0.15, -0.1) is 11.3 Å². The van der Waals surface area contributed by atoms with Gasteiger partial charge >= 0.3 is 0 Å². The molecule has 2 atom stereocenters. The van der Waals surface area contributed by atoms with Gasteiger partial charge in [-0.25, -0.2) is 0 Å². The van der Waals surface area contributed by atoms with E-state index >= 15 is 0 Å². The lowest BCUT2D eigenvalue weighted by molar-refractivity contribution is 0.724. The van der Waals surface area contributed by atoms with Crippen molar-refractivity contribution in [2.75, 3.05) is 0 Å². The zero-order valence-corrected chi connectivity index (χ0v) is 14.6. The molecule has 0 aromatic carbocycles. The highest BCUT2D eigenvalue weighted by molar-refractivity contribution is 9.12. The molecule has 5 heteroatoms. The van der Waals surface area contributed by atoms with Gasteiger partial charge in [-0.1, -0.05) is 28.9 Å². The van der Waals surface area contributed by atoms with Crippen molar-refractivity contribution in [2.24, 2.45) is 0 Å². The quantitative estimate of drug-likeness (QED) is 0.542. The summed E-state index contributed by atoms with van der Waals surface area (Å²) in [5.74, 6) is 0.328. The Morgan fingerprint density at radius 1 is 1.29 bits per heavy atom. The zero-order valence-electron chi connectivity index (χ0n) is 9.03. The number of hydrogen-bond donors (Lipinski definition) is 0. The summed E-state index contributed by atoms with van der Waals surface area (Å²) in [6.07, 6.45) is 1.84. The van der Waals surface area contributed by atoms with E-state index in [9.17, 15) is 0 Å². The lowest BCUT2D eigenvalue weighted by Gasteiger charge is -2.17. The molecule has 2 heterocycles. The average molecular weight is 440 g/mol. The summed E-state index contributed by atoms with van der Waals surface area (Å²) in [6, 6.07) is 8.18. The first kappa shape index (κ1) is 13.7. The van der Waals surface area contributed by atoms with Gasteiger partial charge < -0.3 is 0 Å². The summed E-state index contributed by atoms with van der Waals surface area (Å²) in [5.41, 5.74) is 2.36. The molecule has 0 aliphatic carbocycles. The maximum atomic E-state index is 4.41. The number of thiophene rings is 1. The second-order valence-corrected chi connectivity index (χ2v) is 8.46. The van der Waals surface area contributed by atoms with Crippen molar-refractivity contribution in [3.05, 3.63) is 49.3 Å². The SMILES string of the molecule is CC(c1ccccn1)C(Br)c1cc(Br)sc1Br. The Hall–Kier alpha value is 0.290. The number of rotatable bonds is 3. The van der Waals surface area contributed by atoms with Crippen molar-refractivity contribution >= 4 is 59.1 Å². The van der Waals surface area contributed by atoms with Crippen LogP contribution < -0.4 is 0 Å². The maximum Gasteiger partial charge on any atom is 0.0754 e. The van der Waals surface area contributed by atoms with Crippen LogP contribution in [0.25, 0.3) is 0 Å². The normalized spacial score (nSPS) is 14.6. The average Bonchev–Trinajstić information content (AvgIpc) is 2.68. The summed E-state index contributed by atoms with van der Waals surface area (Å²) >= 11 is 12.6. The topological polar surface area (TPSA) is 12.9 Å².